The Balaban J connectivity index is 1.55. The number of thiophene rings is 1. The highest BCUT2D eigenvalue weighted by atomic mass is 32.1. The number of nitrogens with zero attached hydrogens (tertiary/aromatic N) is 6. The molecule has 5 heterocycles. The largest absolute Gasteiger partial charge is 0.496 e. The van der Waals surface area contributed by atoms with Crippen LogP contribution in [0.3, 0.4) is 0 Å². The van der Waals surface area contributed by atoms with Crippen molar-refractivity contribution in [3.05, 3.63) is 47.0 Å². The number of benzene rings is 1. The van der Waals surface area contributed by atoms with Crippen molar-refractivity contribution >= 4 is 17.2 Å². The summed E-state index contributed by atoms with van der Waals surface area (Å²) in [5.41, 5.74) is 2.60. The van der Waals surface area contributed by atoms with E-state index in [2.05, 4.69) is 15.4 Å². The second-order valence-corrected chi connectivity index (χ2v) is 11.8. The number of aliphatic hydroxyl groups is 1. The van der Waals surface area contributed by atoms with Gasteiger partial charge in [-0.15, -0.1) is 21.5 Å². The van der Waals surface area contributed by atoms with E-state index < -0.39 is 23.7 Å². The van der Waals surface area contributed by atoms with E-state index in [0.717, 1.165) is 27.3 Å². The molecule has 0 bridgehead atoms. The number of ether oxygens (including phenoxy) is 1. The molecule has 3 atom stereocenters. The van der Waals surface area contributed by atoms with Crippen LogP contribution in [0.25, 0.3) is 33.1 Å². The van der Waals surface area contributed by atoms with Gasteiger partial charge in [0.15, 0.2) is 6.10 Å². The highest BCUT2D eigenvalue weighted by Gasteiger charge is 2.56. The summed E-state index contributed by atoms with van der Waals surface area (Å²) in [5.74, 6) is 0.440. The zero-order valence-electron chi connectivity index (χ0n) is 22.9. The van der Waals surface area contributed by atoms with Crippen LogP contribution in [0, 0.1) is 0 Å². The van der Waals surface area contributed by atoms with Crippen LogP contribution in [0.5, 0.6) is 5.75 Å². The van der Waals surface area contributed by atoms with Crippen molar-refractivity contribution in [3.63, 3.8) is 0 Å². The van der Waals surface area contributed by atoms with Gasteiger partial charge in [-0.25, -0.2) is 0 Å². The molecular formula is C28H29F3N6O3S. The van der Waals surface area contributed by atoms with Gasteiger partial charge in [-0.05, 0) is 73.5 Å². The van der Waals surface area contributed by atoms with E-state index in [1.165, 1.54) is 28.0 Å². The van der Waals surface area contributed by atoms with E-state index in [-0.39, 0.29) is 19.0 Å². The number of rotatable bonds is 5. The average Bonchev–Trinajstić information content (AvgIpc) is 3.73. The molecule has 0 unspecified atom stereocenters. The molecule has 216 valence electrons. The highest BCUT2D eigenvalue weighted by molar-refractivity contribution is 7.13. The summed E-state index contributed by atoms with van der Waals surface area (Å²) in [6.45, 7) is 3.43. The van der Waals surface area contributed by atoms with Gasteiger partial charge in [0, 0.05) is 28.6 Å². The molecule has 4 aromatic rings. The Labute approximate surface area is 238 Å². The highest BCUT2D eigenvalue weighted by Crippen LogP contribution is 2.48. The average molecular weight is 587 g/mol. The number of fused-ring (bicyclic) bond motifs is 3. The van der Waals surface area contributed by atoms with Crippen molar-refractivity contribution in [2.45, 2.75) is 57.0 Å². The van der Waals surface area contributed by atoms with E-state index in [1.807, 2.05) is 41.1 Å². The monoisotopic (exact) mass is 586 g/mol. The summed E-state index contributed by atoms with van der Waals surface area (Å²) >= 11 is 1.51. The maximum atomic E-state index is 14.2. The van der Waals surface area contributed by atoms with Crippen LogP contribution in [0.4, 0.5) is 13.2 Å². The molecule has 13 heteroatoms. The Bertz CT molecular complexity index is 1630. The Morgan fingerprint density at radius 3 is 2.66 bits per heavy atom. The van der Waals surface area contributed by atoms with Gasteiger partial charge in [-0.2, -0.15) is 18.0 Å². The number of alkyl halides is 3. The number of halogens is 3. The number of carbonyl (C=O) groups excluding carboxylic acids is 1. The lowest BCUT2D eigenvalue weighted by Crippen LogP contribution is -2.58. The van der Waals surface area contributed by atoms with E-state index in [9.17, 15) is 23.1 Å². The fourth-order valence-corrected chi connectivity index (χ4v) is 7.04. The van der Waals surface area contributed by atoms with Crippen LogP contribution in [0.1, 0.15) is 48.8 Å². The molecule has 0 radical (unpaired) electrons. The summed E-state index contributed by atoms with van der Waals surface area (Å²) in [6, 6.07) is 9.34. The second kappa shape index (κ2) is 9.69. The zero-order chi connectivity index (χ0) is 29.3. The molecular weight excluding hydrogens is 557 g/mol. The number of methoxy groups -OCH3 is 1. The maximum Gasteiger partial charge on any atom is 0.416 e. The first-order chi connectivity index (χ1) is 19.4. The maximum absolute atomic E-state index is 14.2. The van der Waals surface area contributed by atoms with Crippen LogP contribution in [-0.4, -0.2) is 72.2 Å². The minimum absolute atomic E-state index is 0.0530. The third-order valence-corrected chi connectivity index (χ3v) is 9.16. The SMILES string of the molecule is COc1cc2c(cc1-c1nnn(C)n1)-c1c(-c3cccs3)cc(C(=O)N3CCC[C@@]3(C)[C@@H](O)C(F)(F)F)n1[C@H](C)C2. The molecule has 0 aliphatic carbocycles. The number of aryl methyl sites for hydroxylation is 1. The minimum atomic E-state index is -4.85. The molecule has 2 aliphatic rings. The zero-order valence-corrected chi connectivity index (χ0v) is 23.8. The molecule has 3 aromatic heterocycles. The number of carbonyl (C=O) groups is 1. The van der Waals surface area contributed by atoms with Gasteiger partial charge >= 0.3 is 6.18 Å². The summed E-state index contributed by atoms with van der Waals surface area (Å²) in [5, 5.41) is 24.7. The molecule has 1 amide bonds. The van der Waals surface area contributed by atoms with Gasteiger partial charge in [0.25, 0.3) is 5.91 Å². The van der Waals surface area contributed by atoms with E-state index in [4.69, 9.17) is 4.74 Å². The minimum Gasteiger partial charge on any atom is -0.496 e. The number of tetrazole rings is 1. The number of hydrogen-bond acceptors (Lipinski definition) is 7. The summed E-state index contributed by atoms with van der Waals surface area (Å²) in [7, 11) is 3.25. The Kier molecular flexibility index (Phi) is 6.49. The van der Waals surface area contributed by atoms with Crippen LogP contribution in [0.2, 0.25) is 0 Å². The molecule has 1 fully saturated rings. The van der Waals surface area contributed by atoms with Gasteiger partial charge in [-0.3, -0.25) is 4.79 Å². The van der Waals surface area contributed by atoms with E-state index >= 15 is 0 Å². The number of aromatic nitrogens is 5. The molecule has 0 saturated carbocycles. The first kappa shape index (κ1) is 27.5. The predicted octanol–water partition coefficient (Wildman–Crippen LogP) is 5.12. The van der Waals surface area contributed by atoms with Gasteiger partial charge in [-0.1, -0.05) is 6.07 Å². The molecule has 1 saturated heterocycles. The predicted molar refractivity (Wildman–Crippen MR) is 147 cm³/mol. The van der Waals surface area contributed by atoms with Crippen LogP contribution in [0.15, 0.2) is 35.7 Å². The Morgan fingerprint density at radius 2 is 2.02 bits per heavy atom. The Morgan fingerprint density at radius 1 is 1.24 bits per heavy atom. The molecule has 2 aliphatic heterocycles. The van der Waals surface area contributed by atoms with Crippen molar-refractivity contribution in [1.29, 1.82) is 0 Å². The molecule has 1 N–H and O–H groups in total. The fourth-order valence-electron chi connectivity index (χ4n) is 6.29. The van der Waals surface area contributed by atoms with Crippen LogP contribution in [-0.2, 0) is 13.5 Å². The standard InChI is InChI=1S/C28H29F3N6O3S/c1-15-11-16-12-21(40-4)18(24-32-34-35(3)33-24)13-17(16)23-19(22-7-5-10-41-22)14-20(37(15)23)25(38)36-9-6-8-27(36,2)26(39)28(29,30)31/h5,7,10,12-15,26,39H,6,8-9,11H2,1-4H3/t15-,26-,27+/m1/s1. The first-order valence-corrected chi connectivity index (χ1v) is 14.1. The number of hydrogen-bond donors (Lipinski definition) is 1. The lowest BCUT2D eigenvalue weighted by molar-refractivity contribution is -0.232. The lowest BCUT2D eigenvalue weighted by Gasteiger charge is -2.40. The van der Waals surface area contributed by atoms with Crippen LogP contribution >= 0.6 is 11.3 Å². The number of likely N-dealkylation sites (tertiary alicyclic amines) is 1. The normalized spacial score (nSPS) is 21.1. The molecule has 41 heavy (non-hydrogen) atoms. The van der Waals surface area contributed by atoms with Crippen molar-refractivity contribution in [2.75, 3.05) is 13.7 Å². The number of amides is 1. The van der Waals surface area contributed by atoms with Gasteiger partial charge in [0.05, 0.1) is 31.0 Å². The lowest BCUT2D eigenvalue weighted by atomic mass is 9.90. The first-order valence-electron chi connectivity index (χ1n) is 13.3. The third kappa shape index (κ3) is 4.33. The van der Waals surface area contributed by atoms with Crippen LogP contribution < -0.4 is 4.74 Å². The molecule has 6 rings (SSSR count). The topological polar surface area (TPSA) is 98.3 Å². The van der Waals surface area contributed by atoms with Gasteiger partial charge in [0.2, 0.25) is 5.82 Å². The van der Waals surface area contributed by atoms with Gasteiger partial charge in [0.1, 0.15) is 11.4 Å². The van der Waals surface area contributed by atoms with E-state index in [0.29, 0.717) is 35.7 Å². The molecule has 0 spiro atoms. The molecule has 9 nitrogen and oxygen atoms in total. The van der Waals surface area contributed by atoms with E-state index in [1.54, 1.807) is 20.2 Å². The summed E-state index contributed by atoms with van der Waals surface area (Å²) in [6.07, 6.45) is -6.52. The quantitative estimate of drug-likeness (QED) is 0.349. The summed E-state index contributed by atoms with van der Waals surface area (Å²) < 4.78 is 48.7. The smallest absolute Gasteiger partial charge is 0.416 e. The van der Waals surface area contributed by atoms with Crippen molar-refractivity contribution < 1.29 is 27.8 Å². The van der Waals surface area contributed by atoms with Crippen molar-refractivity contribution in [3.8, 4) is 38.8 Å². The number of aliphatic hydroxyl groups excluding tert-OH is 1. The second-order valence-electron chi connectivity index (χ2n) is 10.9. The third-order valence-electron chi connectivity index (χ3n) is 8.25. The molecule has 1 aromatic carbocycles. The van der Waals surface area contributed by atoms with Gasteiger partial charge < -0.3 is 19.3 Å². The van der Waals surface area contributed by atoms with Crippen molar-refractivity contribution in [1.82, 2.24) is 29.7 Å². The van der Waals surface area contributed by atoms with Crippen molar-refractivity contribution in [2.24, 2.45) is 7.05 Å². The summed E-state index contributed by atoms with van der Waals surface area (Å²) in [4.78, 5) is 17.7. The Hall–Kier alpha value is -3.71. The fraction of sp³-hybridized carbons (Fsp3) is 0.429.